The van der Waals surface area contributed by atoms with Crippen LogP contribution in [0.4, 0.5) is 13.2 Å². The van der Waals surface area contributed by atoms with E-state index in [1.54, 1.807) is 30.4 Å². The third-order valence-electron chi connectivity index (χ3n) is 8.85. The Morgan fingerprint density at radius 1 is 1.00 bits per heavy atom. The van der Waals surface area contributed by atoms with Gasteiger partial charge in [0.15, 0.2) is 0 Å². The highest BCUT2D eigenvalue weighted by molar-refractivity contribution is 7.98. The van der Waals surface area contributed by atoms with Gasteiger partial charge in [-0.15, -0.1) is 4.91 Å². The van der Waals surface area contributed by atoms with Crippen LogP contribution in [-0.4, -0.2) is 9.88 Å². The first kappa shape index (κ1) is 31.1. The van der Waals surface area contributed by atoms with Gasteiger partial charge in [-0.1, -0.05) is 36.4 Å². The summed E-state index contributed by atoms with van der Waals surface area (Å²) in [6.45, 7) is 0. The number of carbonyl (C=O) groups excluding carboxylic acids is 1. The van der Waals surface area contributed by atoms with E-state index < -0.39 is 24.1 Å². The number of benzene rings is 3. The molecule has 1 amide bonds. The Bertz CT molecular complexity index is 1980. The van der Waals surface area contributed by atoms with Crippen molar-refractivity contribution in [2.45, 2.75) is 49.3 Å². The molecule has 230 valence electrons. The number of nitriles is 2. The molecule has 10 heteroatoms. The van der Waals surface area contributed by atoms with Gasteiger partial charge in [0.2, 0.25) is 0 Å². The van der Waals surface area contributed by atoms with Crippen molar-refractivity contribution in [3.05, 3.63) is 112 Å². The third kappa shape index (κ3) is 5.89. The summed E-state index contributed by atoms with van der Waals surface area (Å²) in [4.78, 5) is 23.4. The molecule has 0 spiro atoms. The molecule has 0 bridgehead atoms. The molecular formula is C36H27F3N4O2S. The van der Waals surface area contributed by atoms with Crippen molar-refractivity contribution >= 4 is 34.3 Å². The fourth-order valence-electron chi connectivity index (χ4n) is 6.57. The number of carbonyl (C=O) groups is 1. The summed E-state index contributed by atoms with van der Waals surface area (Å²) in [5, 5.41) is 23.5. The van der Waals surface area contributed by atoms with Gasteiger partial charge < -0.3 is 0 Å². The molecule has 3 aromatic carbocycles. The van der Waals surface area contributed by atoms with Gasteiger partial charge in [-0.25, -0.2) is 13.2 Å². The van der Waals surface area contributed by atoms with Crippen LogP contribution in [0.3, 0.4) is 0 Å². The van der Waals surface area contributed by atoms with Crippen molar-refractivity contribution < 1.29 is 18.0 Å². The molecule has 2 aliphatic rings. The summed E-state index contributed by atoms with van der Waals surface area (Å²) in [6.07, 6.45) is 3.78. The molecule has 1 saturated carbocycles. The van der Waals surface area contributed by atoms with Crippen molar-refractivity contribution in [3.63, 3.8) is 0 Å². The topological polar surface area (TPSA) is 99.0 Å². The predicted octanol–water partition coefficient (Wildman–Crippen LogP) is 9.88. The number of alkyl halides is 2. The number of nitrogens with zero attached hydrogens (tertiary/aromatic N) is 4. The quantitative estimate of drug-likeness (QED) is 0.188. The van der Waals surface area contributed by atoms with Crippen molar-refractivity contribution in [1.82, 2.24) is 3.97 Å². The Labute approximate surface area is 267 Å². The van der Waals surface area contributed by atoms with Gasteiger partial charge in [-0.2, -0.15) is 10.5 Å². The number of allylic oxidation sites excluding steroid dienone is 4. The maximum absolute atomic E-state index is 15.0. The monoisotopic (exact) mass is 636 g/mol. The van der Waals surface area contributed by atoms with Crippen LogP contribution in [0.1, 0.15) is 61.1 Å². The first-order chi connectivity index (χ1) is 22.3. The summed E-state index contributed by atoms with van der Waals surface area (Å²) < 4.78 is 43.5. The minimum atomic E-state index is -2.61. The maximum atomic E-state index is 15.0. The van der Waals surface area contributed by atoms with Crippen LogP contribution in [-0.2, 0) is 4.79 Å². The number of rotatable bonds is 7. The van der Waals surface area contributed by atoms with Crippen molar-refractivity contribution in [1.29, 1.82) is 10.5 Å². The van der Waals surface area contributed by atoms with Crippen LogP contribution in [0, 0.1) is 45.2 Å². The second kappa shape index (κ2) is 13.2. The highest BCUT2D eigenvalue weighted by atomic mass is 32.2. The zero-order valence-electron chi connectivity index (χ0n) is 24.5. The molecule has 0 N–H and O–H groups in total. The van der Waals surface area contributed by atoms with Crippen LogP contribution in [0.5, 0.6) is 0 Å². The molecule has 0 radical (unpaired) electrons. The van der Waals surface area contributed by atoms with E-state index in [-0.39, 0.29) is 17.4 Å². The Morgan fingerprint density at radius 3 is 2.43 bits per heavy atom. The average Bonchev–Trinajstić information content (AvgIpc) is 3.39. The lowest BCUT2D eigenvalue weighted by molar-refractivity contribution is -0.122. The SMILES string of the molecule is N#CC1=C(c2c(-c3cccc(C4CCC(C(=O)N=O)CC4)c3)n(Sc3ccc(C(F)F)cc3)c3ccc(F)cc23)C(C#N)CC=C1. The lowest BCUT2D eigenvalue weighted by Crippen LogP contribution is -2.19. The van der Waals surface area contributed by atoms with E-state index in [0.717, 1.165) is 11.1 Å². The van der Waals surface area contributed by atoms with E-state index in [4.69, 9.17) is 0 Å². The Balaban J connectivity index is 1.57. The number of halogens is 3. The van der Waals surface area contributed by atoms with E-state index >= 15 is 0 Å². The summed E-state index contributed by atoms with van der Waals surface area (Å²) in [5.74, 6) is -1.98. The van der Waals surface area contributed by atoms with Crippen molar-refractivity contribution in [2.75, 3.05) is 0 Å². The zero-order valence-corrected chi connectivity index (χ0v) is 25.3. The maximum Gasteiger partial charge on any atom is 0.289 e. The fourth-order valence-corrected chi connectivity index (χ4v) is 7.59. The summed E-state index contributed by atoms with van der Waals surface area (Å²) in [6, 6.07) is 22.8. The van der Waals surface area contributed by atoms with E-state index in [1.807, 2.05) is 28.2 Å². The van der Waals surface area contributed by atoms with Crippen LogP contribution >= 0.6 is 11.9 Å². The number of aromatic nitrogens is 1. The van der Waals surface area contributed by atoms with Crippen LogP contribution < -0.4 is 0 Å². The third-order valence-corrected chi connectivity index (χ3v) is 9.90. The van der Waals surface area contributed by atoms with Gasteiger partial charge in [0.05, 0.1) is 34.8 Å². The number of amides is 1. The molecule has 46 heavy (non-hydrogen) atoms. The Kier molecular flexibility index (Phi) is 8.92. The number of fused-ring (bicyclic) bond motifs is 1. The minimum Gasteiger partial charge on any atom is -0.279 e. The van der Waals surface area contributed by atoms with Gasteiger partial charge in [0, 0.05) is 32.5 Å². The minimum absolute atomic E-state index is 0.104. The van der Waals surface area contributed by atoms with Crippen molar-refractivity contribution in [2.24, 2.45) is 17.0 Å². The van der Waals surface area contributed by atoms with Crippen LogP contribution in [0.15, 0.2) is 94.5 Å². The summed E-state index contributed by atoms with van der Waals surface area (Å²) >= 11 is 1.28. The molecule has 1 heterocycles. The van der Waals surface area contributed by atoms with Crippen LogP contribution in [0.25, 0.3) is 27.7 Å². The first-order valence-electron chi connectivity index (χ1n) is 14.9. The number of hydrogen-bond acceptors (Lipinski definition) is 5. The molecule has 6 nitrogen and oxygen atoms in total. The van der Waals surface area contributed by atoms with Gasteiger partial charge >= 0.3 is 0 Å². The number of nitroso groups, excluding NO2 is 1. The normalized spacial score (nSPS) is 19.7. The predicted molar refractivity (Wildman–Crippen MR) is 171 cm³/mol. The highest BCUT2D eigenvalue weighted by Crippen LogP contribution is 2.48. The fraction of sp³-hybridized carbons (Fsp3) is 0.250. The smallest absolute Gasteiger partial charge is 0.279 e. The van der Waals surface area contributed by atoms with Gasteiger partial charge in [-0.05, 0) is 109 Å². The molecule has 6 rings (SSSR count). The molecule has 4 aromatic rings. The van der Waals surface area contributed by atoms with Gasteiger partial charge in [0.1, 0.15) is 5.82 Å². The van der Waals surface area contributed by atoms with Crippen molar-refractivity contribution in [3.8, 4) is 23.4 Å². The second-order valence-electron chi connectivity index (χ2n) is 11.5. The van der Waals surface area contributed by atoms with Gasteiger partial charge in [-0.3, -0.25) is 8.77 Å². The first-order valence-corrected chi connectivity index (χ1v) is 15.7. The second-order valence-corrected chi connectivity index (χ2v) is 12.5. The lowest BCUT2D eigenvalue weighted by Gasteiger charge is -2.27. The van der Waals surface area contributed by atoms with Crippen LogP contribution in [0.2, 0.25) is 0 Å². The van der Waals surface area contributed by atoms with E-state index in [1.165, 1.54) is 36.2 Å². The summed E-state index contributed by atoms with van der Waals surface area (Å²) in [5.41, 5.74) is 4.37. The Morgan fingerprint density at radius 2 is 1.76 bits per heavy atom. The molecule has 1 atom stereocenters. The number of hydrogen-bond donors (Lipinski definition) is 0. The molecule has 0 aliphatic heterocycles. The zero-order chi connectivity index (χ0) is 32.4. The molecule has 1 fully saturated rings. The summed E-state index contributed by atoms with van der Waals surface area (Å²) in [7, 11) is 0. The molecular weight excluding hydrogens is 609 g/mol. The van der Waals surface area contributed by atoms with E-state index in [9.17, 15) is 33.4 Å². The molecule has 2 aliphatic carbocycles. The average molecular weight is 637 g/mol. The molecule has 0 saturated heterocycles. The Hall–Kier alpha value is -4.93. The van der Waals surface area contributed by atoms with E-state index in [2.05, 4.69) is 17.3 Å². The highest BCUT2D eigenvalue weighted by Gasteiger charge is 2.32. The molecule has 1 unspecified atom stereocenters. The van der Waals surface area contributed by atoms with E-state index in [0.29, 0.717) is 70.3 Å². The molecule has 1 aromatic heterocycles. The standard InChI is InChI=1S/C36H27F3N4O2S/c37-28-13-16-31-30(18-28)33(32-26(19-40)5-2-6-27(32)20-41)34(43(31)46-29-14-11-22(12-15-29)35(38)39)25-4-1-3-24(17-25)21-7-9-23(10-8-21)36(44)42-45/h1-5,11-18,21,23,27,35H,6-10H2. The van der Waals surface area contributed by atoms with Gasteiger partial charge in [0.25, 0.3) is 12.3 Å². The largest absolute Gasteiger partial charge is 0.289 e. The lowest BCUT2D eigenvalue weighted by atomic mass is 9.78.